The Balaban J connectivity index is 1.65. The summed E-state index contributed by atoms with van der Waals surface area (Å²) in [5.74, 6) is 0.263. The van der Waals surface area contributed by atoms with Crippen LogP contribution in [0.15, 0.2) is 53.7 Å². The van der Waals surface area contributed by atoms with E-state index < -0.39 is 5.25 Å². The fourth-order valence-corrected chi connectivity index (χ4v) is 4.38. The number of nitrogens with zero attached hydrogens (tertiary/aromatic N) is 3. The van der Waals surface area contributed by atoms with Crippen molar-refractivity contribution in [2.75, 3.05) is 10.7 Å². The second kappa shape index (κ2) is 8.42. The Kier molecular flexibility index (Phi) is 5.73. The zero-order valence-electron chi connectivity index (χ0n) is 15.6. The van der Waals surface area contributed by atoms with E-state index >= 15 is 0 Å². The second-order valence-corrected chi connectivity index (χ2v) is 8.22. The van der Waals surface area contributed by atoms with Gasteiger partial charge in [-0.1, -0.05) is 42.4 Å². The van der Waals surface area contributed by atoms with Crippen molar-refractivity contribution in [3.05, 3.63) is 70.8 Å². The second-order valence-electron chi connectivity index (χ2n) is 6.68. The Bertz CT molecular complexity index is 1010. The Labute approximate surface area is 176 Å². The summed E-state index contributed by atoms with van der Waals surface area (Å²) in [4.78, 5) is 13.1. The summed E-state index contributed by atoms with van der Waals surface area (Å²) in [6.07, 6.45) is 1.71. The van der Waals surface area contributed by atoms with Crippen molar-refractivity contribution < 1.29 is 9.18 Å². The summed E-state index contributed by atoms with van der Waals surface area (Å²) in [5.41, 5.74) is 4.85. The van der Waals surface area contributed by atoms with Crippen LogP contribution in [0, 0.1) is 5.82 Å². The molecule has 9 heteroatoms. The highest BCUT2D eigenvalue weighted by atomic mass is 35.5. The average Bonchev–Trinajstić information content (AvgIpc) is 3.11. The largest absolute Gasteiger partial charge is 0.325 e. The Hall–Kier alpha value is -2.58. The minimum atomic E-state index is -0.507. The van der Waals surface area contributed by atoms with Crippen molar-refractivity contribution >= 4 is 35.0 Å². The average molecular weight is 432 g/mol. The molecule has 0 saturated carbocycles. The third-order valence-corrected chi connectivity index (χ3v) is 6.04. The molecule has 0 aliphatic carbocycles. The first-order valence-electron chi connectivity index (χ1n) is 9.24. The number of halogens is 2. The maximum Gasteiger partial charge on any atom is 0.240 e. The van der Waals surface area contributed by atoms with Crippen molar-refractivity contribution in [3.63, 3.8) is 0 Å². The van der Waals surface area contributed by atoms with Crippen molar-refractivity contribution in [1.29, 1.82) is 0 Å². The normalized spacial score (nSPS) is 18.0. The predicted octanol–water partition coefficient (Wildman–Crippen LogP) is 4.42. The van der Waals surface area contributed by atoms with Crippen LogP contribution in [0.1, 0.15) is 30.8 Å². The standard InChI is InChI=1S/C20H19ClFN5OS/c1-2-3-16-24-25-20-27(16)26-17(12-4-6-13(21)7-5-12)18(29-20)19(28)23-15-10-8-14(22)9-11-15/h4-11,17-18,26H,2-3H2,1H3,(H,23,28)/t17-,18-/m0/s1. The van der Waals surface area contributed by atoms with E-state index in [2.05, 4.69) is 27.9 Å². The number of carbonyl (C=O) groups excluding carboxylic acids is 1. The molecule has 29 heavy (non-hydrogen) atoms. The van der Waals surface area contributed by atoms with Crippen LogP contribution in [0.2, 0.25) is 5.02 Å². The zero-order valence-corrected chi connectivity index (χ0v) is 17.2. The predicted molar refractivity (Wildman–Crippen MR) is 112 cm³/mol. The van der Waals surface area contributed by atoms with E-state index in [1.807, 2.05) is 16.8 Å². The maximum atomic E-state index is 13.2. The van der Waals surface area contributed by atoms with Gasteiger partial charge in [0.25, 0.3) is 0 Å². The number of hydrogen-bond donors (Lipinski definition) is 2. The first-order valence-corrected chi connectivity index (χ1v) is 10.5. The van der Waals surface area contributed by atoms with E-state index in [4.69, 9.17) is 11.6 Å². The fraction of sp³-hybridized carbons (Fsp3) is 0.250. The monoisotopic (exact) mass is 431 g/mol. The van der Waals surface area contributed by atoms with Crippen LogP contribution in [-0.2, 0) is 11.2 Å². The molecule has 2 N–H and O–H groups in total. The minimum absolute atomic E-state index is 0.208. The topological polar surface area (TPSA) is 71.8 Å². The molecule has 1 aliphatic heterocycles. The van der Waals surface area contributed by atoms with Gasteiger partial charge in [-0.05, 0) is 48.4 Å². The lowest BCUT2D eigenvalue weighted by atomic mass is 10.0. The van der Waals surface area contributed by atoms with E-state index in [0.717, 1.165) is 24.2 Å². The van der Waals surface area contributed by atoms with E-state index in [9.17, 15) is 9.18 Å². The molecule has 2 atom stereocenters. The van der Waals surface area contributed by atoms with E-state index in [0.29, 0.717) is 15.9 Å². The minimum Gasteiger partial charge on any atom is -0.325 e. The molecule has 1 aliphatic rings. The molecule has 0 saturated heterocycles. The maximum absolute atomic E-state index is 13.2. The number of benzene rings is 2. The lowest BCUT2D eigenvalue weighted by molar-refractivity contribution is -0.116. The van der Waals surface area contributed by atoms with Gasteiger partial charge >= 0.3 is 0 Å². The van der Waals surface area contributed by atoms with Crippen LogP contribution in [-0.4, -0.2) is 26.0 Å². The van der Waals surface area contributed by atoms with Crippen molar-refractivity contribution in [3.8, 4) is 0 Å². The van der Waals surface area contributed by atoms with Gasteiger partial charge in [0.05, 0.1) is 6.04 Å². The molecule has 150 valence electrons. The Morgan fingerprint density at radius 1 is 1.21 bits per heavy atom. The van der Waals surface area contributed by atoms with Gasteiger partial charge in [0.15, 0.2) is 5.82 Å². The lowest BCUT2D eigenvalue weighted by Crippen LogP contribution is -2.41. The van der Waals surface area contributed by atoms with Crippen molar-refractivity contribution in [2.24, 2.45) is 0 Å². The highest BCUT2D eigenvalue weighted by Gasteiger charge is 2.37. The lowest BCUT2D eigenvalue weighted by Gasteiger charge is -2.33. The van der Waals surface area contributed by atoms with Crippen LogP contribution < -0.4 is 10.7 Å². The van der Waals surface area contributed by atoms with Gasteiger partial charge in [-0.15, -0.1) is 10.2 Å². The molecule has 0 unspecified atom stereocenters. The molecule has 2 heterocycles. The number of carbonyl (C=O) groups is 1. The highest BCUT2D eigenvalue weighted by Crippen LogP contribution is 2.38. The Morgan fingerprint density at radius 2 is 1.93 bits per heavy atom. The number of thioether (sulfide) groups is 1. The fourth-order valence-electron chi connectivity index (χ4n) is 3.15. The third-order valence-electron chi connectivity index (χ3n) is 4.58. The van der Waals surface area contributed by atoms with Gasteiger partial charge in [-0.25, -0.2) is 9.07 Å². The van der Waals surface area contributed by atoms with Gasteiger partial charge in [-0.2, -0.15) is 0 Å². The summed E-state index contributed by atoms with van der Waals surface area (Å²) in [6.45, 7) is 2.08. The summed E-state index contributed by atoms with van der Waals surface area (Å²) in [7, 11) is 0. The summed E-state index contributed by atoms with van der Waals surface area (Å²) in [5, 5.41) is 12.1. The molecule has 1 aromatic heterocycles. The van der Waals surface area contributed by atoms with E-state index in [-0.39, 0.29) is 17.8 Å². The molecular weight excluding hydrogens is 413 g/mol. The number of rotatable bonds is 5. The highest BCUT2D eigenvalue weighted by molar-refractivity contribution is 8.00. The van der Waals surface area contributed by atoms with E-state index in [1.54, 1.807) is 12.1 Å². The summed E-state index contributed by atoms with van der Waals surface area (Å²) in [6, 6.07) is 12.8. The molecule has 3 aromatic rings. The summed E-state index contributed by atoms with van der Waals surface area (Å²) >= 11 is 7.39. The molecule has 0 fully saturated rings. The first kappa shape index (κ1) is 19.7. The quantitative estimate of drug-likeness (QED) is 0.625. The SMILES string of the molecule is CCCc1nnc2n1N[C@@H](c1ccc(Cl)cc1)[C@@H](C(=O)Nc1ccc(F)cc1)S2. The number of anilines is 1. The zero-order chi connectivity index (χ0) is 20.4. The van der Waals surface area contributed by atoms with Gasteiger partial charge in [-0.3, -0.25) is 4.79 Å². The molecule has 1 amide bonds. The smallest absolute Gasteiger partial charge is 0.240 e. The van der Waals surface area contributed by atoms with Crippen molar-refractivity contribution in [1.82, 2.24) is 14.9 Å². The number of nitrogens with one attached hydrogen (secondary N) is 2. The molecule has 4 rings (SSSR count). The van der Waals surface area contributed by atoms with Gasteiger partial charge < -0.3 is 10.7 Å². The first-order chi connectivity index (χ1) is 14.0. The summed E-state index contributed by atoms with van der Waals surface area (Å²) < 4.78 is 15.0. The molecule has 0 spiro atoms. The third kappa shape index (κ3) is 4.23. The molecule has 2 aromatic carbocycles. The van der Waals surface area contributed by atoms with Gasteiger partial charge in [0.1, 0.15) is 11.1 Å². The van der Waals surface area contributed by atoms with Gasteiger partial charge in [0.2, 0.25) is 11.1 Å². The van der Waals surface area contributed by atoms with Crippen LogP contribution in [0.5, 0.6) is 0 Å². The van der Waals surface area contributed by atoms with E-state index in [1.165, 1.54) is 36.0 Å². The number of hydrogen-bond acceptors (Lipinski definition) is 5. The van der Waals surface area contributed by atoms with Gasteiger partial charge in [0, 0.05) is 17.1 Å². The van der Waals surface area contributed by atoms with Crippen LogP contribution >= 0.6 is 23.4 Å². The number of fused-ring (bicyclic) bond motifs is 1. The van der Waals surface area contributed by atoms with Crippen LogP contribution in [0.3, 0.4) is 0 Å². The van der Waals surface area contributed by atoms with Crippen LogP contribution in [0.25, 0.3) is 0 Å². The molecule has 0 radical (unpaired) electrons. The van der Waals surface area contributed by atoms with Crippen molar-refractivity contribution in [2.45, 2.75) is 36.2 Å². The number of aryl methyl sites for hydroxylation is 1. The van der Waals surface area contributed by atoms with Crippen LogP contribution in [0.4, 0.5) is 10.1 Å². The number of amides is 1. The number of aromatic nitrogens is 3. The Morgan fingerprint density at radius 3 is 2.62 bits per heavy atom. The molecule has 6 nitrogen and oxygen atoms in total. The molecular formula is C20H19ClFN5OS. The molecule has 0 bridgehead atoms.